The van der Waals surface area contributed by atoms with Crippen LogP contribution in [0.15, 0.2) is 6.07 Å². The quantitative estimate of drug-likeness (QED) is 0.877. The molecule has 2 saturated heterocycles. The minimum atomic E-state index is -0.0310. The number of aromatic nitrogens is 1. The lowest BCUT2D eigenvalue weighted by Crippen LogP contribution is -2.48. The second-order valence-electron chi connectivity index (χ2n) is 7.63. The molecule has 1 aromatic rings. The summed E-state index contributed by atoms with van der Waals surface area (Å²) in [5, 5.41) is 3.23. The predicted octanol–water partition coefficient (Wildman–Crippen LogP) is 2.67. The number of nitrogens with zero attached hydrogens (tertiary/aromatic N) is 2. The SMILES string of the molecule is COc1nc2c(cc1C(=O)NC1CCN(C3CCSCC3)CC1)CCC2. The van der Waals surface area contributed by atoms with Crippen LogP contribution in [0.3, 0.4) is 0 Å². The standard InChI is InChI=1S/C20H29N3O2S/c1-25-20-17(13-14-3-2-4-18(14)22-20)19(24)21-15-5-9-23(10-6-15)16-7-11-26-12-8-16/h13,15-16H,2-12H2,1H3,(H,21,24). The zero-order chi connectivity index (χ0) is 17.9. The number of fused-ring (bicyclic) bond motifs is 1. The van der Waals surface area contributed by atoms with Crippen molar-refractivity contribution in [1.29, 1.82) is 0 Å². The second-order valence-corrected chi connectivity index (χ2v) is 8.86. The minimum absolute atomic E-state index is 0.0310. The van der Waals surface area contributed by atoms with Gasteiger partial charge in [-0.1, -0.05) is 0 Å². The van der Waals surface area contributed by atoms with E-state index >= 15 is 0 Å². The van der Waals surface area contributed by atoms with Crippen molar-refractivity contribution in [2.24, 2.45) is 0 Å². The van der Waals surface area contributed by atoms with Crippen molar-refractivity contribution in [3.8, 4) is 5.88 Å². The molecule has 0 unspecified atom stereocenters. The van der Waals surface area contributed by atoms with Crippen molar-refractivity contribution < 1.29 is 9.53 Å². The van der Waals surface area contributed by atoms with E-state index in [1.54, 1.807) is 7.11 Å². The number of hydrogen-bond donors (Lipinski definition) is 1. The van der Waals surface area contributed by atoms with E-state index < -0.39 is 0 Å². The second kappa shape index (κ2) is 8.17. The van der Waals surface area contributed by atoms with Gasteiger partial charge in [0.05, 0.1) is 7.11 Å². The molecule has 3 aliphatic rings. The van der Waals surface area contributed by atoms with Gasteiger partial charge in [0.15, 0.2) is 0 Å². The smallest absolute Gasteiger partial charge is 0.256 e. The van der Waals surface area contributed by atoms with E-state index in [4.69, 9.17) is 4.74 Å². The average molecular weight is 376 g/mol. The first kappa shape index (κ1) is 18.1. The Bertz CT molecular complexity index is 653. The van der Waals surface area contributed by atoms with E-state index in [-0.39, 0.29) is 11.9 Å². The number of piperidine rings is 1. The summed E-state index contributed by atoms with van der Waals surface area (Å²) in [6, 6.07) is 3.02. The zero-order valence-electron chi connectivity index (χ0n) is 15.6. The van der Waals surface area contributed by atoms with E-state index in [0.29, 0.717) is 11.4 Å². The minimum Gasteiger partial charge on any atom is -0.480 e. The summed E-state index contributed by atoms with van der Waals surface area (Å²) in [6.45, 7) is 2.19. The third kappa shape index (κ3) is 3.86. The number of amides is 1. The fourth-order valence-electron chi connectivity index (χ4n) is 4.49. The van der Waals surface area contributed by atoms with Crippen LogP contribution < -0.4 is 10.1 Å². The van der Waals surface area contributed by atoms with Crippen LogP contribution in [0.2, 0.25) is 0 Å². The monoisotopic (exact) mass is 375 g/mol. The number of rotatable bonds is 4. The summed E-state index contributed by atoms with van der Waals surface area (Å²) in [5.74, 6) is 3.04. The van der Waals surface area contributed by atoms with Gasteiger partial charge in [-0.2, -0.15) is 11.8 Å². The van der Waals surface area contributed by atoms with E-state index in [1.807, 2.05) is 6.07 Å². The molecule has 5 nitrogen and oxygen atoms in total. The van der Waals surface area contributed by atoms with Gasteiger partial charge >= 0.3 is 0 Å². The topological polar surface area (TPSA) is 54.5 Å². The molecule has 3 heterocycles. The fourth-order valence-corrected chi connectivity index (χ4v) is 5.58. The Morgan fingerprint density at radius 1 is 1.23 bits per heavy atom. The number of aryl methyl sites for hydroxylation is 2. The summed E-state index contributed by atoms with van der Waals surface area (Å²) < 4.78 is 5.40. The molecule has 0 spiro atoms. The lowest BCUT2D eigenvalue weighted by molar-refractivity contribution is 0.0882. The van der Waals surface area contributed by atoms with Crippen molar-refractivity contribution in [1.82, 2.24) is 15.2 Å². The van der Waals surface area contributed by atoms with Gasteiger partial charge in [-0.25, -0.2) is 4.98 Å². The van der Waals surface area contributed by atoms with Crippen LogP contribution in [0.4, 0.5) is 0 Å². The van der Waals surface area contributed by atoms with Gasteiger partial charge in [-0.3, -0.25) is 4.79 Å². The summed E-state index contributed by atoms with van der Waals surface area (Å²) >= 11 is 2.08. The van der Waals surface area contributed by atoms with Gasteiger partial charge in [0, 0.05) is 30.9 Å². The van der Waals surface area contributed by atoms with Crippen molar-refractivity contribution in [3.05, 3.63) is 22.9 Å². The predicted molar refractivity (Wildman–Crippen MR) is 105 cm³/mol. The molecule has 0 radical (unpaired) electrons. The zero-order valence-corrected chi connectivity index (χ0v) is 16.4. The van der Waals surface area contributed by atoms with Crippen LogP contribution in [-0.2, 0) is 12.8 Å². The summed E-state index contributed by atoms with van der Waals surface area (Å²) in [6.07, 6.45) is 7.84. The highest BCUT2D eigenvalue weighted by Crippen LogP contribution is 2.27. The van der Waals surface area contributed by atoms with Gasteiger partial charge in [-0.15, -0.1) is 0 Å². The highest BCUT2D eigenvalue weighted by molar-refractivity contribution is 7.99. The van der Waals surface area contributed by atoms with E-state index in [2.05, 4.69) is 27.0 Å². The third-order valence-corrected chi connectivity index (χ3v) is 7.07. The maximum absolute atomic E-state index is 12.8. The first-order chi connectivity index (χ1) is 12.7. The average Bonchev–Trinajstić information content (AvgIpc) is 3.15. The molecule has 142 valence electrons. The number of likely N-dealkylation sites (tertiary alicyclic amines) is 1. The molecule has 1 N–H and O–H groups in total. The molecule has 6 heteroatoms. The Kier molecular flexibility index (Phi) is 5.69. The van der Waals surface area contributed by atoms with Crippen LogP contribution in [0, 0.1) is 0 Å². The molecule has 0 saturated carbocycles. The Balaban J connectivity index is 1.36. The van der Waals surface area contributed by atoms with Gasteiger partial charge in [-0.05, 0) is 68.1 Å². The molecule has 1 aliphatic carbocycles. The molecule has 26 heavy (non-hydrogen) atoms. The number of thioether (sulfide) groups is 1. The number of nitrogens with one attached hydrogen (secondary N) is 1. The molecule has 0 bridgehead atoms. The Hall–Kier alpha value is -1.27. The number of carbonyl (C=O) groups excluding carboxylic acids is 1. The number of pyridine rings is 1. The molecule has 4 rings (SSSR count). The van der Waals surface area contributed by atoms with Gasteiger partial charge in [0.2, 0.25) is 5.88 Å². The number of carbonyl (C=O) groups is 1. The lowest BCUT2D eigenvalue weighted by Gasteiger charge is -2.39. The summed E-state index contributed by atoms with van der Waals surface area (Å²) in [5.41, 5.74) is 2.90. The highest BCUT2D eigenvalue weighted by Gasteiger charge is 2.28. The molecular weight excluding hydrogens is 346 g/mol. The van der Waals surface area contributed by atoms with E-state index in [0.717, 1.165) is 56.9 Å². The molecule has 0 aromatic carbocycles. The maximum Gasteiger partial charge on any atom is 0.256 e. The maximum atomic E-state index is 12.8. The van der Waals surface area contributed by atoms with Crippen LogP contribution >= 0.6 is 11.8 Å². The van der Waals surface area contributed by atoms with Crippen molar-refractivity contribution in [2.45, 2.75) is 57.0 Å². The molecule has 2 aliphatic heterocycles. The Labute approximate surface area is 160 Å². The molecular formula is C20H29N3O2S. The molecule has 1 amide bonds. The largest absolute Gasteiger partial charge is 0.480 e. The Morgan fingerprint density at radius 3 is 2.73 bits per heavy atom. The van der Waals surface area contributed by atoms with Gasteiger partial charge < -0.3 is 15.0 Å². The van der Waals surface area contributed by atoms with Crippen molar-refractivity contribution in [3.63, 3.8) is 0 Å². The normalized spacial score (nSPS) is 22.2. The first-order valence-electron chi connectivity index (χ1n) is 9.94. The summed E-state index contributed by atoms with van der Waals surface area (Å²) in [4.78, 5) is 20.0. The molecule has 1 aromatic heterocycles. The summed E-state index contributed by atoms with van der Waals surface area (Å²) in [7, 11) is 1.60. The third-order valence-electron chi connectivity index (χ3n) is 6.03. The lowest BCUT2D eigenvalue weighted by atomic mass is 10.00. The van der Waals surface area contributed by atoms with Gasteiger partial charge in [0.1, 0.15) is 5.56 Å². The van der Waals surface area contributed by atoms with Crippen LogP contribution in [0.25, 0.3) is 0 Å². The Morgan fingerprint density at radius 2 is 2.00 bits per heavy atom. The van der Waals surface area contributed by atoms with E-state index in [9.17, 15) is 4.79 Å². The van der Waals surface area contributed by atoms with Crippen molar-refractivity contribution in [2.75, 3.05) is 31.7 Å². The van der Waals surface area contributed by atoms with Crippen LogP contribution in [0.5, 0.6) is 5.88 Å². The fraction of sp³-hybridized carbons (Fsp3) is 0.700. The number of ether oxygens (including phenoxy) is 1. The highest BCUT2D eigenvalue weighted by atomic mass is 32.2. The first-order valence-corrected chi connectivity index (χ1v) is 11.1. The number of methoxy groups -OCH3 is 1. The molecule has 2 fully saturated rings. The van der Waals surface area contributed by atoms with Gasteiger partial charge in [0.25, 0.3) is 5.91 Å². The number of hydrogen-bond acceptors (Lipinski definition) is 5. The van der Waals surface area contributed by atoms with E-state index in [1.165, 1.54) is 29.9 Å². The molecule has 0 atom stereocenters. The van der Waals surface area contributed by atoms with Crippen LogP contribution in [0.1, 0.15) is 53.7 Å². The van der Waals surface area contributed by atoms with Crippen LogP contribution in [-0.4, -0.2) is 59.6 Å². The van der Waals surface area contributed by atoms with Crippen molar-refractivity contribution >= 4 is 17.7 Å².